The van der Waals surface area contributed by atoms with E-state index in [0.29, 0.717) is 12.1 Å². The fourth-order valence-corrected chi connectivity index (χ4v) is 2.39. The lowest BCUT2D eigenvalue weighted by molar-refractivity contribution is 0.198. The first kappa shape index (κ1) is 11.7. The van der Waals surface area contributed by atoms with Crippen LogP contribution < -0.4 is 5.32 Å². The van der Waals surface area contributed by atoms with Gasteiger partial charge in [-0.2, -0.15) is 0 Å². The third-order valence-corrected chi connectivity index (χ3v) is 3.80. The van der Waals surface area contributed by atoms with Crippen molar-refractivity contribution in [1.82, 2.24) is 10.2 Å². The Morgan fingerprint density at radius 3 is 2.71 bits per heavy atom. The highest BCUT2D eigenvalue weighted by Gasteiger charge is 2.17. The third kappa shape index (κ3) is 2.80. The molecular formula is C11H20N2S. The molecule has 2 unspecified atom stereocenters. The van der Waals surface area contributed by atoms with Crippen LogP contribution in [0.3, 0.4) is 0 Å². The van der Waals surface area contributed by atoms with Crippen LogP contribution in [0.2, 0.25) is 0 Å². The number of hydrogen-bond donors (Lipinski definition) is 1. The van der Waals surface area contributed by atoms with E-state index >= 15 is 0 Å². The Kier molecular flexibility index (Phi) is 4.58. The van der Waals surface area contributed by atoms with Gasteiger partial charge in [-0.1, -0.05) is 6.07 Å². The fourth-order valence-electron chi connectivity index (χ4n) is 1.55. The van der Waals surface area contributed by atoms with Crippen molar-refractivity contribution in [3.8, 4) is 0 Å². The first-order valence-electron chi connectivity index (χ1n) is 5.06. The molecule has 1 heterocycles. The Labute approximate surface area is 90.9 Å². The smallest absolute Gasteiger partial charge is 0.0413 e. The van der Waals surface area contributed by atoms with Crippen molar-refractivity contribution >= 4 is 11.3 Å². The predicted octanol–water partition coefficient (Wildman–Crippen LogP) is 2.35. The average Bonchev–Trinajstić information content (AvgIpc) is 2.68. The molecule has 0 aliphatic rings. The highest BCUT2D eigenvalue weighted by Crippen LogP contribution is 2.24. The number of thiophene rings is 1. The van der Waals surface area contributed by atoms with E-state index in [4.69, 9.17) is 0 Å². The van der Waals surface area contributed by atoms with Crippen LogP contribution in [0.5, 0.6) is 0 Å². The standard InChI is InChI=1S/C11H20N2S/c1-9(8-12-3)13(4)10(2)11-6-5-7-14-11/h5-7,9-10,12H,8H2,1-4H3. The maximum Gasteiger partial charge on any atom is 0.0413 e. The van der Waals surface area contributed by atoms with E-state index in [1.165, 1.54) is 4.88 Å². The SMILES string of the molecule is CNCC(C)N(C)C(C)c1cccs1. The molecule has 0 saturated heterocycles. The van der Waals surface area contributed by atoms with Crippen LogP contribution in [-0.4, -0.2) is 31.6 Å². The van der Waals surface area contributed by atoms with Crippen LogP contribution in [0.15, 0.2) is 17.5 Å². The minimum Gasteiger partial charge on any atom is -0.318 e. The van der Waals surface area contributed by atoms with Crippen molar-refractivity contribution in [2.24, 2.45) is 0 Å². The summed E-state index contributed by atoms with van der Waals surface area (Å²) in [4.78, 5) is 3.85. The van der Waals surface area contributed by atoms with E-state index < -0.39 is 0 Å². The van der Waals surface area contributed by atoms with E-state index in [1.54, 1.807) is 0 Å². The summed E-state index contributed by atoms with van der Waals surface area (Å²) in [5.74, 6) is 0. The largest absolute Gasteiger partial charge is 0.318 e. The van der Waals surface area contributed by atoms with E-state index in [1.807, 2.05) is 18.4 Å². The van der Waals surface area contributed by atoms with Gasteiger partial charge in [0, 0.05) is 23.5 Å². The maximum atomic E-state index is 3.21. The minimum absolute atomic E-state index is 0.512. The number of likely N-dealkylation sites (N-methyl/N-ethyl adjacent to an activating group) is 2. The van der Waals surface area contributed by atoms with Crippen molar-refractivity contribution in [3.63, 3.8) is 0 Å². The molecular weight excluding hydrogens is 192 g/mol. The molecule has 0 saturated carbocycles. The van der Waals surface area contributed by atoms with Crippen LogP contribution in [0, 0.1) is 0 Å². The van der Waals surface area contributed by atoms with Crippen LogP contribution in [-0.2, 0) is 0 Å². The van der Waals surface area contributed by atoms with Gasteiger partial charge in [0.2, 0.25) is 0 Å². The van der Waals surface area contributed by atoms with Gasteiger partial charge in [0.05, 0.1) is 0 Å². The maximum absolute atomic E-state index is 3.21. The number of nitrogens with zero attached hydrogens (tertiary/aromatic N) is 1. The van der Waals surface area contributed by atoms with E-state index in [-0.39, 0.29) is 0 Å². The Bertz CT molecular complexity index is 246. The zero-order chi connectivity index (χ0) is 10.6. The first-order chi connectivity index (χ1) is 6.66. The summed E-state index contributed by atoms with van der Waals surface area (Å²) in [5, 5.41) is 5.35. The first-order valence-corrected chi connectivity index (χ1v) is 5.94. The Morgan fingerprint density at radius 1 is 1.50 bits per heavy atom. The highest BCUT2D eigenvalue weighted by molar-refractivity contribution is 7.10. The molecule has 0 aliphatic heterocycles. The van der Waals surface area contributed by atoms with Crippen molar-refractivity contribution in [2.75, 3.05) is 20.6 Å². The van der Waals surface area contributed by atoms with Gasteiger partial charge >= 0.3 is 0 Å². The van der Waals surface area contributed by atoms with Gasteiger partial charge in [-0.25, -0.2) is 0 Å². The van der Waals surface area contributed by atoms with Crippen molar-refractivity contribution < 1.29 is 0 Å². The van der Waals surface area contributed by atoms with Crippen LogP contribution in [0.1, 0.15) is 24.8 Å². The topological polar surface area (TPSA) is 15.3 Å². The third-order valence-electron chi connectivity index (χ3n) is 2.76. The number of hydrogen-bond acceptors (Lipinski definition) is 3. The quantitative estimate of drug-likeness (QED) is 0.806. The summed E-state index contributed by atoms with van der Waals surface area (Å²) >= 11 is 1.83. The van der Waals surface area contributed by atoms with Gasteiger partial charge in [-0.05, 0) is 39.4 Å². The van der Waals surface area contributed by atoms with Gasteiger partial charge < -0.3 is 5.32 Å². The molecule has 14 heavy (non-hydrogen) atoms. The van der Waals surface area contributed by atoms with Crippen molar-refractivity contribution in [2.45, 2.75) is 25.9 Å². The monoisotopic (exact) mass is 212 g/mol. The highest BCUT2D eigenvalue weighted by atomic mass is 32.1. The van der Waals surface area contributed by atoms with E-state index in [9.17, 15) is 0 Å². The molecule has 1 rings (SSSR count). The van der Waals surface area contributed by atoms with E-state index in [2.05, 4.69) is 48.6 Å². The van der Waals surface area contributed by atoms with E-state index in [0.717, 1.165) is 6.54 Å². The second-order valence-electron chi connectivity index (χ2n) is 3.76. The van der Waals surface area contributed by atoms with Crippen LogP contribution in [0.25, 0.3) is 0 Å². The summed E-state index contributed by atoms with van der Waals surface area (Å²) in [6, 6.07) is 5.40. The van der Waals surface area contributed by atoms with Gasteiger partial charge in [-0.3, -0.25) is 4.90 Å². The second kappa shape index (κ2) is 5.49. The molecule has 0 radical (unpaired) electrons. The van der Waals surface area contributed by atoms with Crippen molar-refractivity contribution in [1.29, 1.82) is 0 Å². The Balaban J connectivity index is 2.56. The van der Waals surface area contributed by atoms with Crippen molar-refractivity contribution in [3.05, 3.63) is 22.4 Å². The summed E-state index contributed by atoms with van der Waals surface area (Å²) in [6.07, 6.45) is 0. The summed E-state index contributed by atoms with van der Waals surface area (Å²) in [5.41, 5.74) is 0. The fraction of sp³-hybridized carbons (Fsp3) is 0.636. The zero-order valence-corrected chi connectivity index (χ0v) is 10.3. The summed E-state index contributed by atoms with van der Waals surface area (Å²) in [7, 11) is 4.19. The average molecular weight is 212 g/mol. The number of nitrogens with one attached hydrogen (secondary N) is 1. The van der Waals surface area contributed by atoms with Gasteiger partial charge in [0.1, 0.15) is 0 Å². The normalized spacial score (nSPS) is 15.8. The molecule has 0 aromatic carbocycles. The van der Waals surface area contributed by atoms with Crippen LogP contribution in [0.4, 0.5) is 0 Å². The van der Waals surface area contributed by atoms with Gasteiger partial charge in [0.25, 0.3) is 0 Å². The molecule has 2 atom stereocenters. The van der Waals surface area contributed by atoms with Gasteiger partial charge in [0.15, 0.2) is 0 Å². The summed E-state index contributed by atoms with van der Waals surface area (Å²) < 4.78 is 0. The molecule has 1 N–H and O–H groups in total. The molecule has 2 nitrogen and oxygen atoms in total. The lowest BCUT2D eigenvalue weighted by Crippen LogP contribution is -2.38. The summed E-state index contributed by atoms with van der Waals surface area (Å²) in [6.45, 7) is 5.55. The zero-order valence-electron chi connectivity index (χ0n) is 9.45. The van der Waals surface area contributed by atoms with Gasteiger partial charge in [-0.15, -0.1) is 11.3 Å². The minimum atomic E-state index is 0.512. The lowest BCUT2D eigenvalue weighted by atomic mass is 10.2. The Hall–Kier alpha value is -0.380. The molecule has 0 bridgehead atoms. The molecule has 0 fully saturated rings. The molecule has 0 amide bonds. The second-order valence-corrected chi connectivity index (χ2v) is 4.74. The molecule has 0 aliphatic carbocycles. The Morgan fingerprint density at radius 2 is 2.21 bits per heavy atom. The molecule has 0 spiro atoms. The predicted molar refractivity (Wildman–Crippen MR) is 63.9 cm³/mol. The lowest BCUT2D eigenvalue weighted by Gasteiger charge is -2.30. The molecule has 1 aromatic rings. The number of rotatable bonds is 5. The molecule has 80 valence electrons. The van der Waals surface area contributed by atoms with Crippen LogP contribution >= 0.6 is 11.3 Å². The molecule has 1 aromatic heterocycles. The molecule has 3 heteroatoms.